The van der Waals surface area contributed by atoms with Gasteiger partial charge in [-0.15, -0.1) is 0 Å². The molecular formula is C15H24ClN. The van der Waals surface area contributed by atoms with Gasteiger partial charge >= 0.3 is 0 Å². The molecule has 0 fully saturated rings. The Labute approximate surface area is 111 Å². The van der Waals surface area contributed by atoms with Gasteiger partial charge in [-0.2, -0.15) is 0 Å². The normalized spacial score (nSPS) is 12.6. The van der Waals surface area contributed by atoms with E-state index in [0.29, 0.717) is 6.04 Å². The Balaban J connectivity index is 2.18. The van der Waals surface area contributed by atoms with Crippen LogP contribution in [0.2, 0.25) is 5.02 Å². The number of rotatable bonds is 8. The second-order valence-corrected chi connectivity index (χ2v) is 5.19. The summed E-state index contributed by atoms with van der Waals surface area (Å²) in [5.74, 6) is 0. The third-order valence-electron chi connectivity index (χ3n) is 2.95. The van der Waals surface area contributed by atoms with Gasteiger partial charge in [-0.25, -0.2) is 0 Å². The fourth-order valence-electron chi connectivity index (χ4n) is 1.99. The van der Waals surface area contributed by atoms with E-state index in [4.69, 9.17) is 11.6 Å². The van der Waals surface area contributed by atoms with Crippen molar-refractivity contribution >= 4 is 11.6 Å². The number of hydrogen-bond acceptors (Lipinski definition) is 1. The predicted octanol–water partition coefficient (Wildman–Crippen LogP) is 4.44. The summed E-state index contributed by atoms with van der Waals surface area (Å²) in [4.78, 5) is 0. The molecule has 1 N–H and O–H groups in total. The number of unbranched alkanes of at least 4 members (excludes halogenated alkanes) is 3. The topological polar surface area (TPSA) is 12.0 Å². The van der Waals surface area contributed by atoms with E-state index in [9.17, 15) is 0 Å². The van der Waals surface area contributed by atoms with Crippen molar-refractivity contribution < 1.29 is 0 Å². The SMILES string of the molecule is CCCCCCNC(C)Cc1cccc(Cl)c1. The fraction of sp³-hybridized carbons (Fsp3) is 0.600. The van der Waals surface area contributed by atoms with E-state index in [1.165, 1.54) is 31.2 Å². The molecular weight excluding hydrogens is 230 g/mol. The van der Waals surface area contributed by atoms with E-state index < -0.39 is 0 Å². The van der Waals surface area contributed by atoms with Gasteiger partial charge < -0.3 is 5.32 Å². The van der Waals surface area contributed by atoms with E-state index >= 15 is 0 Å². The summed E-state index contributed by atoms with van der Waals surface area (Å²) >= 11 is 5.97. The molecule has 0 aliphatic rings. The average molecular weight is 254 g/mol. The van der Waals surface area contributed by atoms with Crippen molar-refractivity contribution in [2.45, 2.75) is 52.0 Å². The lowest BCUT2D eigenvalue weighted by Crippen LogP contribution is -2.28. The molecule has 0 spiro atoms. The van der Waals surface area contributed by atoms with Gasteiger partial charge in [0.2, 0.25) is 0 Å². The second kappa shape index (κ2) is 8.54. The zero-order chi connectivity index (χ0) is 12.5. The summed E-state index contributed by atoms with van der Waals surface area (Å²) in [6.07, 6.45) is 6.33. The number of hydrogen-bond donors (Lipinski definition) is 1. The van der Waals surface area contributed by atoms with Gasteiger partial charge in [0.25, 0.3) is 0 Å². The van der Waals surface area contributed by atoms with E-state index in [0.717, 1.165) is 18.0 Å². The smallest absolute Gasteiger partial charge is 0.0408 e. The Morgan fingerprint density at radius 1 is 1.24 bits per heavy atom. The van der Waals surface area contributed by atoms with Crippen LogP contribution in [0.4, 0.5) is 0 Å². The molecule has 1 aromatic rings. The molecule has 1 aromatic carbocycles. The van der Waals surface area contributed by atoms with Crippen molar-refractivity contribution in [2.75, 3.05) is 6.54 Å². The Morgan fingerprint density at radius 2 is 2.06 bits per heavy atom. The highest BCUT2D eigenvalue weighted by Gasteiger charge is 2.02. The monoisotopic (exact) mass is 253 g/mol. The summed E-state index contributed by atoms with van der Waals surface area (Å²) < 4.78 is 0. The second-order valence-electron chi connectivity index (χ2n) is 4.75. The van der Waals surface area contributed by atoms with Gasteiger partial charge in [0, 0.05) is 11.1 Å². The zero-order valence-corrected chi connectivity index (χ0v) is 11.8. The quantitative estimate of drug-likeness (QED) is 0.676. The van der Waals surface area contributed by atoms with Crippen LogP contribution in [0.25, 0.3) is 0 Å². The third kappa shape index (κ3) is 6.70. The van der Waals surface area contributed by atoms with Crippen LogP contribution in [0.15, 0.2) is 24.3 Å². The Morgan fingerprint density at radius 3 is 2.76 bits per heavy atom. The van der Waals surface area contributed by atoms with Gasteiger partial charge in [-0.05, 0) is 44.0 Å². The minimum absolute atomic E-state index is 0.523. The fourth-order valence-corrected chi connectivity index (χ4v) is 2.20. The predicted molar refractivity (Wildman–Crippen MR) is 76.8 cm³/mol. The molecule has 0 saturated carbocycles. The maximum Gasteiger partial charge on any atom is 0.0408 e. The Bertz CT molecular complexity index is 312. The summed E-state index contributed by atoms with van der Waals surface area (Å²) in [6.45, 7) is 5.61. The maximum absolute atomic E-state index is 5.97. The number of nitrogens with one attached hydrogen (secondary N) is 1. The van der Waals surface area contributed by atoms with Crippen molar-refractivity contribution in [1.29, 1.82) is 0 Å². The lowest BCUT2D eigenvalue weighted by molar-refractivity contribution is 0.518. The highest BCUT2D eigenvalue weighted by Crippen LogP contribution is 2.12. The molecule has 2 heteroatoms. The van der Waals surface area contributed by atoms with Gasteiger partial charge in [0.1, 0.15) is 0 Å². The lowest BCUT2D eigenvalue weighted by Gasteiger charge is -2.13. The van der Waals surface area contributed by atoms with E-state index in [-0.39, 0.29) is 0 Å². The van der Waals surface area contributed by atoms with Crippen molar-refractivity contribution in [3.8, 4) is 0 Å². The van der Waals surface area contributed by atoms with Gasteiger partial charge in [0.05, 0.1) is 0 Å². The molecule has 96 valence electrons. The van der Waals surface area contributed by atoms with E-state index in [2.05, 4.69) is 31.3 Å². The standard InChI is InChI=1S/C15H24ClN/c1-3-4-5-6-10-17-13(2)11-14-8-7-9-15(16)12-14/h7-9,12-13,17H,3-6,10-11H2,1-2H3. The third-order valence-corrected chi connectivity index (χ3v) is 3.19. The Hall–Kier alpha value is -0.530. The molecule has 1 nitrogen and oxygen atoms in total. The van der Waals surface area contributed by atoms with Crippen LogP contribution < -0.4 is 5.32 Å². The first kappa shape index (κ1) is 14.5. The molecule has 0 aromatic heterocycles. The first-order valence-electron chi connectivity index (χ1n) is 6.70. The molecule has 1 atom stereocenters. The summed E-state index contributed by atoms with van der Waals surface area (Å²) in [6, 6.07) is 8.66. The molecule has 1 unspecified atom stereocenters. The van der Waals surface area contributed by atoms with E-state index in [1.807, 2.05) is 12.1 Å². The van der Waals surface area contributed by atoms with E-state index in [1.54, 1.807) is 0 Å². The molecule has 0 saturated heterocycles. The van der Waals surface area contributed by atoms with Crippen molar-refractivity contribution in [3.05, 3.63) is 34.9 Å². The molecule has 0 amide bonds. The van der Waals surface area contributed by atoms with Crippen molar-refractivity contribution in [3.63, 3.8) is 0 Å². The average Bonchev–Trinajstić information content (AvgIpc) is 2.29. The van der Waals surface area contributed by atoms with Crippen LogP contribution >= 0.6 is 11.6 Å². The molecule has 17 heavy (non-hydrogen) atoms. The van der Waals surface area contributed by atoms with Crippen LogP contribution in [-0.2, 0) is 6.42 Å². The summed E-state index contributed by atoms with van der Waals surface area (Å²) in [5, 5.41) is 4.40. The minimum Gasteiger partial charge on any atom is -0.314 e. The highest BCUT2D eigenvalue weighted by atomic mass is 35.5. The number of benzene rings is 1. The minimum atomic E-state index is 0.523. The molecule has 1 rings (SSSR count). The largest absolute Gasteiger partial charge is 0.314 e. The van der Waals surface area contributed by atoms with Crippen LogP contribution in [0.1, 0.15) is 45.1 Å². The highest BCUT2D eigenvalue weighted by molar-refractivity contribution is 6.30. The van der Waals surface area contributed by atoms with Crippen molar-refractivity contribution in [1.82, 2.24) is 5.32 Å². The first-order chi connectivity index (χ1) is 8.22. The van der Waals surface area contributed by atoms with Crippen molar-refractivity contribution in [2.24, 2.45) is 0 Å². The van der Waals surface area contributed by atoms with Crippen LogP contribution in [0, 0.1) is 0 Å². The van der Waals surface area contributed by atoms with Gasteiger partial charge in [-0.3, -0.25) is 0 Å². The maximum atomic E-state index is 5.97. The molecule has 0 aliphatic carbocycles. The van der Waals surface area contributed by atoms with Crippen LogP contribution in [-0.4, -0.2) is 12.6 Å². The van der Waals surface area contributed by atoms with Crippen LogP contribution in [0.5, 0.6) is 0 Å². The molecule has 0 aliphatic heterocycles. The molecule has 0 radical (unpaired) electrons. The van der Waals surface area contributed by atoms with Gasteiger partial charge in [-0.1, -0.05) is 49.9 Å². The summed E-state index contributed by atoms with van der Waals surface area (Å²) in [5.41, 5.74) is 1.31. The Kier molecular flexibility index (Phi) is 7.30. The molecule has 0 bridgehead atoms. The number of halogens is 1. The lowest BCUT2D eigenvalue weighted by atomic mass is 10.1. The first-order valence-corrected chi connectivity index (χ1v) is 7.08. The summed E-state index contributed by atoms with van der Waals surface area (Å²) in [7, 11) is 0. The van der Waals surface area contributed by atoms with Crippen LogP contribution in [0.3, 0.4) is 0 Å². The van der Waals surface area contributed by atoms with Gasteiger partial charge in [0.15, 0.2) is 0 Å². The molecule has 0 heterocycles. The zero-order valence-electron chi connectivity index (χ0n) is 11.0.